The lowest BCUT2D eigenvalue weighted by molar-refractivity contribution is 0.0918. The number of hydrogen-bond acceptors (Lipinski definition) is 5. The minimum atomic E-state index is 0.181. The van der Waals surface area contributed by atoms with Crippen LogP contribution in [0.2, 0.25) is 0 Å². The Morgan fingerprint density at radius 1 is 1.20 bits per heavy atom. The molecule has 25 heavy (non-hydrogen) atoms. The van der Waals surface area contributed by atoms with Crippen molar-refractivity contribution in [3.05, 3.63) is 41.6 Å². The normalized spacial score (nSPS) is 15.8. The average molecular weight is 341 g/mol. The lowest BCUT2D eigenvalue weighted by Gasteiger charge is -2.35. The summed E-state index contributed by atoms with van der Waals surface area (Å²) >= 11 is 0. The molecule has 6 heteroatoms. The maximum atomic E-state index is 12.4. The number of carbonyl (C=O) groups is 1. The van der Waals surface area contributed by atoms with Crippen molar-refractivity contribution < 1.29 is 4.79 Å². The molecule has 0 aromatic carbocycles. The molecule has 2 aromatic heterocycles. The molecule has 0 radical (unpaired) electrons. The van der Waals surface area contributed by atoms with E-state index in [9.17, 15) is 4.79 Å². The zero-order chi connectivity index (χ0) is 18.0. The van der Waals surface area contributed by atoms with Crippen molar-refractivity contribution in [2.45, 2.75) is 26.7 Å². The molecule has 3 heterocycles. The van der Waals surface area contributed by atoms with Crippen molar-refractivity contribution >= 4 is 11.6 Å². The van der Waals surface area contributed by atoms with Crippen LogP contribution in [0, 0.1) is 6.92 Å². The predicted molar refractivity (Wildman–Crippen MR) is 99.3 cm³/mol. The van der Waals surface area contributed by atoms with Crippen molar-refractivity contribution in [3.8, 4) is 0 Å². The molecular formula is C19H27N5O. The summed E-state index contributed by atoms with van der Waals surface area (Å²) < 4.78 is 1.88. The van der Waals surface area contributed by atoms with Crippen molar-refractivity contribution in [1.82, 2.24) is 19.4 Å². The summed E-state index contributed by atoms with van der Waals surface area (Å²) in [5, 5.41) is 0. The van der Waals surface area contributed by atoms with E-state index in [0.717, 1.165) is 49.2 Å². The number of aryl methyl sites for hydroxylation is 2. The van der Waals surface area contributed by atoms with Gasteiger partial charge in [-0.05, 0) is 19.1 Å². The highest BCUT2D eigenvalue weighted by Gasteiger charge is 2.22. The number of anilines is 1. The molecule has 1 saturated heterocycles. The molecule has 134 valence electrons. The van der Waals surface area contributed by atoms with Gasteiger partial charge in [0.2, 0.25) is 0 Å². The minimum absolute atomic E-state index is 0.181. The fourth-order valence-electron chi connectivity index (χ4n) is 3.16. The molecule has 0 bridgehead atoms. The van der Waals surface area contributed by atoms with Crippen LogP contribution in [0.25, 0.3) is 0 Å². The maximum Gasteiger partial charge on any atom is 0.193 e. The molecule has 0 atom stereocenters. The van der Waals surface area contributed by atoms with E-state index in [4.69, 9.17) is 4.98 Å². The summed E-state index contributed by atoms with van der Waals surface area (Å²) in [5.41, 5.74) is 1.78. The van der Waals surface area contributed by atoms with E-state index in [1.54, 1.807) is 0 Å². The van der Waals surface area contributed by atoms with Crippen LogP contribution in [-0.2, 0) is 7.05 Å². The highest BCUT2D eigenvalue weighted by molar-refractivity contribution is 5.96. The first-order chi connectivity index (χ1) is 11.9. The van der Waals surface area contributed by atoms with Crippen LogP contribution >= 0.6 is 0 Å². The van der Waals surface area contributed by atoms with Gasteiger partial charge in [-0.15, -0.1) is 0 Å². The molecule has 2 aromatic rings. The summed E-state index contributed by atoms with van der Waals surface area (Å²) in [6.45, 7) is 10.2. The second-order valence-corrected chi connectivity index (χ2v) is 7.07. The molecule has 0 spiro atoms. The third-order valence-electron chi connectivity index (χ3n) is 4.67. The molecule has 0 unspecified atom stereocenters. The lowest BCUT2D eigenvalue weighted by Crippen LogP contribution is -2.48. The van der Waals surface area contributed by atoms with E-state index in [0.29, 0.717) is 12.5 Å². The van der Waals surface area contributed by atoms with Gasteiger partial charge in [-0.25, -0.2) is 9.97 Å². The van der Waals surface area contributed by atoms with Crippen LogP contribution in [0.1, 0.15) is 41.8 Å². The van der Waals surface area contributed by atoms with Gasteiger partial charge < -0.3 is 9.47 Å². The molecule has 6 nitrogen and oxygen atoms in total. The van der Waals surface area contributed by atoms with E-state index < -0.39 is 0 Å². The van der Waals surface area contributed by atoms with Gasteiger partial charge in [-0.1, -0.05) is 13.8 Å². The Kier molecular flexibility index (Phi) is 5.18. The first-order valence-corrected chi connectivity index (χ1v) is 8.91. The number of aromatic nitrogens is 3. The monoisotopic (exact) mass is 341 g/mol. The third kappa shape index (κ3) is 4.07. The van der Waals surface area contributed by atoms with Crippen LogP contribution in [0.4, 0.5) is 5.82 Å². The average Bonchev–Trinajstić information content (AvgIpc) is 3.01. The zero-order valence-corrected chi connectivity index (χ0v) is 15.6. The van der Waals surface area contributed by atoms with Crippen molar-refractivity contribution in [2.75, 3.05) is 37.6 Å². The fourth-order valence-corrected chi connectivity index (χ4v) is 3.16. The Hall–Kier alpha value is -2.21. The molecule has 1 fully saturated rings. The fraction of sp³-hybridized carbons (Fsp3) is 0.526. The number of hydrogen-bond donors (Lipinski definition) is 0. The van der Waals surface area contributed by atoms with Crippen LogP contribution in [-0.4, -0.2) is 57.9 Å². The number of carbonyl (C=O) groups excluding carboxylic acids is 1. The number of nitrogens with zero attached hydrogens (tertiary/aromatic N) is 5. The summed E-state index contributed by atoms with van der Waals surface area (Å²) in [5.74, 6) is 2.41. The van der Waals surface area contributed by atoms with E-state index in [2.05, 4.69) is 34.7 Å². The van der Waals surface area contributed by atoms with Gasteiger partial charge in [0.15, 0.2) is 5.78 Å². The lowest BCUT2D eigenvalue weighted by atomic mass is 10.2. The smallest absolute Gasteiger partial charge is 0.193 e. The Bertz CT molecular complexity index is 744. The molecule has 0 aliphatic carbocycles. The first-order valence-electron chi connectivity index (χ1n) is 8.91. The van der Waals surface area contributed by atoms with Gasteiger partial charge in [0.1, 0.15) is 11.6 Å². The van der Waals surface area contributed by atoms with E-state index >= 15 is 0 Å². The molecule has 0 saturated carbocycles. The summed E-state index contributed by atoms with van der Waals surface area (Å²) in [7, 11) is 1.91. The third-order valence-corrected chi connectivity index (χ3v) is 4.67. The van der Waals surface area contributed by atoms with Crippen molar-refractivity contribution in [1.29, 1.82) is 0 Å². The van der Waals surface area contributed by atoms with Crippen LogP contribution in [0.3, 0.4) is 0 Å². The molecule has 3 rings (SSSR count). The molecule has 1 aliphatic heterocycles. The Balaban J connectivity index is 1.60. The number of piperazine rings is 1. The predicted octanol–water partition coefficient (Wildman–Crippen LogP) is 2.25. The Labute approximate surface area is 149 Å². The van der Waals surface area contributed by atoms with Crippen LogP contribution in [0.15, 0.2) is 24.4 Å². The van der Waals surface area contributed by atoms with Gasteiger partial charge in [0.05, 0.1) is 12.2 Å². The van der Waals surface area contributed by atoms with Crippen molar-refractivity contribution in [2.24, 2.45) is 7.05 Å². The minimum Gasteiger partial charge on any atom is -0.354 e. The van der Waals surface area contributed by atoms with Gasteiger partial charge in [0, 0.05) is 57.1 Å². The first kappa shape index (κ1) is 17.6. The van der Waals surface area contributed by atoms with Crippen LogP contribution < -0.4 is 4.90 Å². The summed E-state index contributed by atoms with van der Waals surface area (Å²) in [6, 6.07) is 5.85. The quantitative estimate of drug-likeness (QED) is 0.781. The summed E-state index contributed by atoms with van der Waals surface area (Å²) in [4.78, 5) is 26.2. The highest BCUT2D eigenvalue weighted by Crippen LogP contribution is 2.18. The van der Waals surface area contributed by atoms with Gasteiger partial charge in [-0.3, -0.25) is 9.69 Å². The number of rotatable bonds is 5. The molecular weight excluding hydrogens is 314 g/mol. The molecule has 1 aliphatic rings. The second-order valence-electron chi connectivity index (χ2n) is 7.07. The van der Waals surface area contributed by atoms with Gasteiger partial charge in [0.25, 0.3) is 0 Å². The largest absolute Gasteiger partial charge is 0.354 e. The van der Waals surface area contributed by atoms with E-state index in [1.165, 1.54) is 0 Å². The maximum absolute atomic E-state index is 12.4. The number of Topliss-reactive ketones (excluding diaryl/α,β-unsaturated/α-hetero) is 1. The van der Waals surface area contributed by atoms with Crippen LogP contribution in [0.5, 0.6) is 0 Å². The van der Waals surface area contributed by atoms with Gasteiger partial charge in [-0.2, -0.15) is 0 Å². The standard InChI is InChI=1S/C19H27N5O/c1-14(2)19-20-15(3)12-18(21-19)24-10-8-23(9-11-24)13-17(25)16-6-5-7-22(16)4/h5-7,12,14H,8-11,13H2,1-4H3. The van der Waals surface area contributed by atoms with E-state index in [1.807, 2.05) is 36.9 Å². The van der Waals surface area contributed by atoms with Gasteiger partial charge >= 0.3 is 0 Å². The SMILES string of the molecule is Cc1cc(N2CCN(CC(=O)c3cccn3C)CC2)nc(C(C)C)n1. The Morgan fingerprint density at radius 3 is 2.52 bits per heavy atom. The molecule has 0 amide bonds. The summed E-state index contributed by atoms with van der Waals surface area (Å²) in [6.07, 6.45) is 1.91. The van der Waals surface area contributed by atoms with E-state index in [-0.39, 0.29) is 5.78 Å². The number of ketones is 1. The van der Waals surface area contributed by atoms with Crippen molar-refractivity contribution in [3.63, 3.8) is 0 Å². The molecule has 0 N–H and O–H groups in total. The highest BCUT2D eigenvalue weighted by atomic mass is 16.1. The topological polar surface area (TPSA) is 54.3 Å². The zero-order valence-electron chi connectivity index (χ0n) is 15.6. The second kappa shape index (κ2) is 7.35. The Morgan fingerprint density at radius 2 is 1.92 bits per heavy atom.